The third-order valence-electron chi connectivity index (χ3n) is 7.09. The Balaban J connectivity index is 1.51. The van der Waals surface area contributed by atoms with Gasteiger partial charge in [-0.3, -0.25) is 0 Å². The van der Waals surface area contributed by atoms with Gasteiger partial charge >= 0.3 is 0 Å². The summed E-state index contributed by atoms with van der Waals surface area (Å²) in [5.74, 6) is 2.07. The zero-order chi connectivity index (χ0) is 26.9. The number of fused-ring (bicyclic) bond motifs is 1. The average molecular weight is 535 g/mol. The number of anilines is 4. The molecule has 0 radical (unpaired) electrons. The number of piperidine rings is 1. The minimum absolute atomic E-state index is 0.230. The average Bonchev–Trinajstić information content (AvgIpc) is 3.38. The number of methoxy groups -OCH3 is 1. The number of H-pyrrole nitrogens is 1. The van der Waals surface area contributed by atoms with Gasteiger partial charge in [0.25, 0.3) is 0 Å². The SMILES string of the molecule is COc1cc(C2CCNCC2)c(C)cc1Nc1nc(Nc2ccccc2S(=O)(=O)C(C)C)c2[nH]ccc2n1. The van der Waals surface area contributed by atoms with Crippen LogP contribution in [0.15, 0.2) is 53.6 Å². The summed E-state index contributed by atoms with van der Waals surface area (Å²) in [6.07, 6.45) is 3.99. The second kappa shape index (κ2) is 10.6. The van der Waals surface area contributed by atoms with E-state index in [0.29, 0.717) is 34.4 Å². The minimum Gasteiger partial charge on any atom is -0.495 e. The lowest BCUT2D eigenvalue weighted by atomic mass is 9.87. The summed E-state index contributed by atoms with van der Waals surface area (Å²) in [5.41, 5.74) is 5.09. The Kier molecular flexibility index (Phi) is 7.27. The predicted octanol–water partition coefficient (Wildman–Crippen LogP) is 5.41. The molecule has 38 heavy (non-hydrogen) atoms. The molecular formula is C28H34N6O3S. The lowest BCUT2D eigenvalue weighted by molar-refractivity contribution is 0.413. The number of rotatable bonds is 8. The predicted molar refractivity (Wildman–Crippen MR) is 152 cm³/mol. The summed E-state index contributed by atoms with van der Waals surface area (Å²) in [5, 5.41) is 9.45. The fraction of sp³-hybridized carbons (Fsp3) is 0.357. The van der Waals surface area contributed by atoms with Crippen molar-refractivity contribution in [3.05, 3.63) is 59.8 Å². The Morgan fingerprint density at radius 3 is 2.53 bits per heavy atom. The number of nitrogens with zero attached hydrogens (tertiary/aromatic N) is 2. The number of benzene rings is 2. The summed E-state index contributed by atoms with van der Waals surface area (Å²) in [6.45, 7) is 7.52. The van der Waals surface area contributed by atoms with Gasteiger partial charge in [-0.05, 0) is 94.1 Å². The summed E-state index contributed by atoms with van der Waals surface area (Å²) in [4.78, 5) is 12.8. The number of sulfone groups is 1. The first kappa shape index (κ1) is 26.0. The van der Waals surface area contributed by atoms with Crippen molar-refractivity contribution in [3.63, 3.8) is 0 Å². The fourth-order valence-electron chi connectivity index (χ4n) is 4.95. The fourth-order valence-corrected chi connectivity index (χ4v) is 6.16. The van der Waals surface area contributed by atoms with Gasteiger partial charge in [0.1, 0.15) is 11.3 Å². The highest BCUT2D eigenvalue weighted by Crippen LogP contribution is 2.37. The van der Waals surface area contributed by atoms with Crippen LogP contribution in [-0.2, 0) is 9.84 Å². The molecule has 1 fully saturated rings. The molecule has 200 valence electrons. The van der Waals surface area contributed by atoms with Gasteiger partial charge in [-0.1, -0.05) is 12.1 Å². The van der Waals surface area contributed by atoms with Crippen LogP contribution in [0.3, 0.4) is 0 Å². The Hall–Kier alpha value is -3.63. The Morgan fingerprint density at radius 1 is 1.03 bits per heavy atom. The molecule has 0 spiro atoms. The van der Waals surface area contributed by atoms with Gasteiger partial charge in [-0.2, -0.15) is 4.98 Å². The van der Waals surface area contributed by atoms with Gasteiger partial charge in [0, 0.05) is 6.20 Å². The summed E-state index contributed by atoms with van der Waals surface area (Å²) < 4.78 is 31.8. The maximum atomic E-state index is 13.0. The van der Waals surface area contributed by atoms with Crippen molar-refractivity contribution in [1.29, 1.82) is 0 Å². The van der Waals surface area contributed by atoms with Gasteiger partial charge in [0.05, 0.1) is 34.1 Å². The van der Waals surface area contributed by atoms with E-state index in [1.807, 2.05) is 6.07 Å². The van der Waals surface area contributed by atoms with Crippen LogP contribution < -0.4 is 20.7 Å². The topological polar surface area (TPSA) is 121 Å². The molecule has 5 rings (SSSR count). The van der Waals surface area contributed by atoms with Crippen LogP contribution >= 0.6 is 0 Å². The van der Waals surface area contributed by atoms with Gasteiger partial charge in [-0.15, -0.1) is 0 Å². The number of para-hydroxylation sites is 1. The third-order valence-corrected chi connectivity index (χ3v) is 9.30. The molecule has 0 unspecified atom stereocenters. The van der Waals surface area contributed by atoms with Crippen molar-refractivity contribution in [3.8, 4) is 5.75 Å². The highest BCUT2D eigenvalue weighted by atomic mass is 32.2. The Labute approximate surface area is 223 Å². The molecule has 4 N–H and O–H groups in total. The Morgan fingerprint density at radius 2 is 1.79 bits per heavy atom. The summed E-state index contributed by atoms with van der Waals surface area (Å²) in [7, 11) is -1.84. The maximum Gasteiger partial charge on any atom is 0.229 e. The van der Waals surface area contributed by atoms with E-state index in [1.54, 1.807) is 51.4 Å². The molecule has 9 nitrogen and oxygen atoms in total. The summed E-state index contributed by atoms with van der Waals surface area (Å²) >= 11 is 0. The lowest BCUT2D eigenvalue weighted by Crippen LogP contribution is -2.27. The van der Waals surface area contributed by atoms with Gasteiger partial charge in [0.15, 0.2) is 15.7 Å². The van der Waals surface area contributed by atoms with Crippen LogP contribution in [0, 0.1) is 6.92 Å². The van der Waals surface area contributed by atoms with Crippen molar-refractivity contribution >= 4 is 44.0 Å². The van der Waals surface area contributed by atoms with Crippen molar-refractivity contribution in [1.82, 2.24) is 20.3 Å². The summed E-state index contributed by atoms with van der Waals surface area (Å²) in [6, 6.07) is 12.9. The first-order valence-electron chi connectivity index (χ1n) is 12.9. The number of aromatic amines is 1. The molecule has 0 amide bonds. The molecule has 2 aromatic heterocycles. The van der Waals surface area contributed by atoms with E-state index in [-0.39, 0.29) is 4.90 Å². The van der Waals surface area contributed by atoms with E-state index >= 15 is 0 Å². The van der Waals surface area contributed by atoms with Crippen molar-refractivity contribution in [2.24, 2.45) is 0 Å². The van der Waals surface area contributed by atoms with Crippen molar-refractivity contribution < 1.29 is 13.2 Å². The molecule has 1 aliphatic heterocycles. The van der Waals surface area contributed by atoms with Crippen LogP contribution in [0.4, 0.5) is 23.1 Å². The largest absolute Gasteiger partial charge is 0.495 e. The maximum absolute atomic E-state index is 13.0. The molecule has 4 aromatic rings. The smallest absolute Gasteiger partial charge is 0.229 e. The van der Waals surface area contributed by atoms with Crippen LogP contribution in [-0.4, -0.2) is 48.8 Å². The quantitative estimate of drug-likeness (QED) is 0.237. The lowest BCUT2D eigenvalue weighted by Gasteiger charge is -2.25. The van der Waals surface area contributed by atoms with Gasteiger partial charge in [0.2, 0.25) is 5.95 Å². The molecule has 1 saturated heterocycles. The minimum atomic E-state index is -3.51. The first-order chi connectivity index (χ1) is 18.3. The number of aryl methyl sites for hydroxylation is 1. The van der Waals surface area contributed by atoms with E-state index in [4.69, 9.17) is 9.72 Å². The van der Waals surface area contributed by atoms with Crippen LogP contribution in [0.2, 0.25) is 0 Å². The molecule has 3 heterocycles. The van der Waals surface area contributed by atoms with E-state index < -0.39 is 15.1 Å². The molecule has 0 bridgehead atoms. The van der Waals surface area contributed by atoms with Crippen LogP contribution in [0.25, 0.3) is 11.0 Å². The van der Waals surface area contributed by atoms with Crippen molar-refractivity contribution in [2.45, 2.75) is 49.7 Å². The highest BCUT2D eigenvalue weighted by Gasteiger charge is 2.24. The monoisotopic (exact) mass is 534 g/mol. The molecule has 0 aliphatic carbocycles. The first-order valence-corrected chi connectivity index (χ1v) is 14.4. The molecule has 0 saturated carbocycles. The third kappa shape index (κ3) is 5.06. The number of hydrogen-bond donors (Lipinski definition) is 4. The molecule has 0 atom stereocenters. The van der Waals surface area contributed by atoms with E-state index in [9.17, 15) is 8.42 Å². The number of aromatic nitrogens is 3. The van der Waals surface area contributed by atoms with Crippen LogP contribution in [0.1, 0.15) is 43.7 Å². The highest BCUT2D eigenvalue weighted by molar-refractivity contribution is 7.92. The number of hydrogen-bond acceptors (Lipinski definition) is 8. The second-order valence-electron chi connectivity index (χ2n) is 9.91. The molecular weight excluding hydrogens is 500 g/mol. The standard InChI is InChI=1S/C28H34N6O3S/c1-17(2)38(35,36)25-8-6-5-7-21(25)31-27-26-22(11-14-30-26)32-28(34-27)33-23-15-18(3)20(16-24(23)37-4)19-9-12-29-13-10-19/h5-8,11,14-17,19,29-30H,9-10,12-13H2,1-4H3,(H2,31,32,33,34). The molecule has 1 aliphatic rings. The van der Waals surface area contributed by atoms with Gasteiger partial charge in [-0.25, -0.2) is 13.4 Å². The molecule has 2 aromatic carbocycles. The number of nitrogens with one attached hydrogen (secondary N) is 4. The van der Waals surface area contributed by atoms with E-state index in [2.05, 4.69) is 45.0 Å². The molecule has 10 heteroatoms. The zero-order valence-corrected chi connectivity index (χ0v) is 22.9. The second-order valence-corrected chi connectivity index (χ2v) is 12.4. The van der Waals surface area contributed by atoms with Crippen LogP contribution in [0.5, 0.6) is 5.75 Å². The normalized spacial score (nSPS) is 14.7. The van der Waals surface area contributed by atoms with E-state index in [0.717, 1.165) is 37.4 Å². The van der Waals surface area contributed by atoms with Gasteiger partial charge < -0.3 is 25.7 Å². The Bertz CT molecular complexity index is 1560. The van der Waals surface area contributed by atoms with E-state index in [1.165, 1.54) is 11.1 Å². The zero-order valence-electron chi connectivity index (χ0n) is 22.1. The number of ether oxygens (including phenoxy) is 1. The van der Waals surface area contributed by atoms with Crippen molar-refractivity contribution in [2.75, 3.05) is 30.8 Å².